The second kappa shape index (κ2) is 11.1. The maximum atomic E-state index is 13.1. The molecule has 0 fully saturated rings. The molecule has 3 aromatic carbocycles. The molecule has 0 aliphatic carbocycles. The van der Waals surface area contributed by atoms with Gasteiger partial charge < -0.3 is 4.74 Å². The molecule has 0 aromatic heterocycles. The zero-order valence-electron chi connectivity index (χ0n) is 17.2. The van der Waals surface area contributed by atoms with Crippen molar-refractivity contribution >= 4 is 11.8 Å². The van der Waals surface area contributed by atoms with Crippen LogP contribution >= 0.6 is 0 Å². The van der Waals surface area contributed by atoms with E-state index >= 15 is 0 Å². The summed E-state index contributed by atoms with van der Waals surface area (Å²) < 4.78 is 5.61. The Morgan fingerprint density at radius 3 is 1.60 bits per heavy atom. The van der Waals surface area contributed by atoms with E-state index in [-0.39, 0.29) is 24.8 Å². The number of esters is 1. The summed E-state index contributed by atoms with van der Waals surface area (Å²) in [6.07, 6.45) is 0.118. The lowest BCUT2D eigenvalue weighted by Crippen LogP contribution is -2.42. The summed E-state index contributed by atoms with van der Waals surface area (Å²) in [4.78, 5) is 27.1. The number of carbonyl (C=O) groups is 2. The van der Waals surface area contributed by atoms with Gasteiger partial charge in [-0.1, -0.05) is 91.0 Å². The minimum Gasteiger partial charge on any atom is -0.460 e. The third-order valence-corrected chi connectivity index (χ3v) is 4.87. The van der Waals surface area contributed by atoms with Crippen LogP contribution in [0.15, 0.2) is 91.0 Å². The van der Waals surface area contributed by atoms with Gasteiger partial charge >= 0.3 is 5.97 Å². The number of ketones is 1. The molecule has 4 nitrogen and oxygen atoms in total. The van der Waals surface area contributed by atoms with E-state index < -0.39 is 6.04 Å². The zero-order chi connectivity index (χ0) is 21.2. The van der Waals surface area contributed by atoms with Crippen LogP contribution in [0, 0.1) is 0 Å². The molecule has 3 rings (SSSR count). The maximum absolute atomic E-state index is 13.1. The first-order valence-corrected chi connectivity index (χ1v) is 10.1. The van der Waals surface area contributed by atoms with Gasteiger partial charge in [-0.05, 0) is 23.6 Å². The van der Waals surface area contributed by atoms with Crippen LogP contribution in [0.25, 0.3) is 0 Å². The molecule has 0 saturated heterocycles. The summed E-state index contributed by atoms with van der Waals surface area (Å²) in [5.74, 6) is -0.413. The molecule has 3 aromatic rings. The minimum absolute atomic E-state index is 0.0391. The van der Waals surface area contributed by atoms with Crippen molar-refractivity contribution in [2.24, 2.45) is 0 Å². The predicted molar refractivity (Wildman–Crippen MR) is 117 cm³/mol. The summed E-state index contributed by atoms with van der Waals surface area (Å²) in [6, 6.07) is 28.9. The Balaban J connectivity index is 1.81. The molecule has 0 N–H and O–H groups in total. The number of nitrogens with zero attached hydrogens (tertiary/aromatic N) is 1. The average molecular weight is 402 g/mol. The van der Waals surface area contributed by atoms with E-state index in [1.807, 2.05) is 95.9 Å². The molecule has 0 spiro atoms. The van der Waals surface area contributed by atoms with E-state index in [0.717, 1.165) is 16.7 Å². The molecule has 0 heterocycles. The van der Waals surface area contributed by atoms with Crippen molar-refractivity contribution < 1.29 is 14.3 Å². The van der Waals surface area contributed by atoms with E-state index in [2.05, 4.69) is 0 Å². The summed E-state index contributed by atoms with van der Waals surface area (Å²) >= 11 is 0. The van der Waals surface area contributed by atoms with Crippen LogP contribution in [0.2, 0.25) is 0 Å². The zero-order valence-corrected chi connectivity index (χ0v) is 17.2. The Hall–Kier alpha value is -3.24. The predicted octanol–water partition coefficient (Wildman–Crippen LogP) is 4.78. The maximum Gasteiger partial charge on any atom is 0.324 e. The summed E-state index contributed by atoms with van der Waals surface area (Å²) in [5, 5.41) is 0. The quantitative estimate of drug-likeness (QED) is 0.459. The van der Waals surface area contributed by atoms with Crippen LogP contribution in [0.4, 0.5) is 0 Å². The number of benzene rings is 3. The Morgan fingerprint density at radius 2 is 1.17 bits per heavy atom. The lowest BCUT2D eigenvalue weighted by Gasteiger charge is -2.30. The number of rotatable bonds is 10. The molecule has 0 bridgehead atoms. The number of Topliss-reactive ketones (excluding diaryl/α,β-unsaturated/α-hetero) is 1. The van der Waals surface area contributed by atoms with Crippen molar-refractivity contribution in [3.63, 3.8) is 0 Å². The number of hydrogen-bond acceptors (Lipinski definition) is 4. The smallest absolute Gasteiger partial charge is 0.324 e. The Bertz CT molecular complexity index is 885. The van der Waals surface area contributed by atoms with E-state index in [4.69, 9.17) is 4.74 Å². The summed E-state index contributed by atoms with van der Waals surface area (Å²) in [7, 11) is 0. The number of ether oxygens (including phenoxy) is 1. The SMILES string of the molecule is CC(=O)C[C@H](C(=O)OCc1ccccc1)N(Cc1ccccc1)Cc1ccccc1. The lowest BCUT2D eigenvalue weighted by atomic mass is 10.1. The molecule has 0 aliphatic rings. The third-order valence-electron chi connectivity index (χ3n) is 4.87. The van der Waals surface area contributed by atoms with Gasteiger partial charge in [0, 0.05) is 19.5 Å². The van der Waals surface area contributed by atoms with Crippen molar-refractivity contribution in [3.8, 4) is 0 Å². The molecule has 1 atom stereocenters. The van der Waals surface area contributed by atoms with Gasteiger partial charge in [0.1, 0.15) is 18.4 Å². The summed E-state index contributed by atoms with van der Waals surface area (Å²) in [6.45, 7) is 2.81. The van der Waals surface area contributed by atoms with Crippen molar-refractivity contribution in [1.82, 2.24) is 4.90 Å². The first-order valence-electron chi connectivity index (χ1n) is 10.1. The monoisotopic (exact) mass is 401 g/mol. The topological polar surface area (TPSA) is 46.6 Å². The lowest BCUT2D eigenvalue weighted by molar-refractivity contribution is -0.153. The van der Waals surface area contributed by atoms with Gasteiger partial charge in [-0.3, -0.25) is 14.5 Å². The molecule has 0 radical (unpaired) electrons. The highest BCUT2D eigenvalue weighted by Crippen LogP contribution is 2.18. The van der Waals surface area contributed by atoms with Gasteiger partial charge in [-0.2, -0.15) is 0 Å². The first-order chi connectivity index (χ1) is 14.6. The van der Waals surface area contributed by atoms with Crippen molar-refractivity contribution in [2.45, 2.75) is 39.1 Å². The van der Waals surface area contributed by atoms with E-state index in [1.54, 1.807) is 0 Å². The molecule has 0 amide bonds. The van der Waals surface area contributed by atoms with Crippen LogP contribution < -0.4 is 0 Å². The van der Waals surface area contributed by atoms with E-state index in [9.17, 15) is 9.59 Å². The molecular weight excluding hydrogens is 374 g/mol. The molecular formula is C26H27NO3. The highest BCUT2D eigenvalue weighted by atomic mass is 16.5. The Kier molecular flexibility index (Phi) is 7.93. The molecule has 154 valence electrons. The minimum atomic E-state index is -0.647. The molecule has 30 heavy (non-hydrogen) atoms. The van der Waals surface area contributed by atoms with Crippen molar-refractivity contribution in [1.29, 1.82) is 0 Å². The fraction of sp³-hybridized carbons (Fsp3) is 0.231. The second-order valence-electron chi connectivity index (χ2n) is 7.39. The Labute approximate surface area is 178 Å². The third kappa shape index (κ3) is 6.68. The van der Waals surface area contributed by atoms with Gasteiger partial charge in [0.25, 0.3) is 0 Å². The molecule has 4 heteroatoms. The van der Waals surface area contributed by atoms with E-state index in [1.165, 1.54) is 6.92 Å². The van der Waals surface area contributed by atoms with Gasteiger partial charge in [0.05, 0.1) is 0 Å². The molecule has 0 unspecified atom stereocenters. The molecule has 0 saturated carbocycles. The van der Waals surface area contributed by atoms with Gasteiger partial charge in [0.15, 0.2) is 0 Å². The average Bonchev–Trinajstić information content (AvgIpc) is 2.77. The van der Waals surface area contributed by atoms with Crippen LogP contribution in [0.1, 0.15) is 30.0 Å². The van der Waals surface area contributed by atoms with Crippen LogP contribution in [-0.4, -0.2) is 22.7 Å². The van der Waals surface area contributed by atoms with Gasteiger partial charge in [0.2, 0.25) is 0 Å². The summed E-state index contributed by atoms with van der Waals surface area (Å²) in [5.41, 5.74) is 3.08. The fourth-order valence-corrected chi connectivity index (χ4v) is 3.37. The molecule has 0 aliphatic heterocycles. The highest BCUT2D eigenvalue weighted by Gasteiger charge is 2.29. The van der Waals surface area contributed by atoms with Crippen LogP contribution in [-0.2, 0) is 34.0 Å². The van der Waals surface area contributed by atoms with Crippen molar-refractivity contribution in [2.75, 3.05) is 0 Å². The number of hydrogen-bond donors (Lipinski definition) is 0. The van der Waals surface area contributed by atoms with Crippen molar-refractivity contribution in [3.05, 3.63) is 108 Å². The van der Waals surface area contributed by atoms with E-state index in [0.29, 0.717) is 13.1 Å². The van der Waals surface area contributed by atoms with Crippen LogP contribution in [0.3, 0.4) is 0 Å². The first kappa shape index (κ1) is 21.5. The largest absolute Gasteiger partial charge is 0.460 e. The highest BCUT2D eigenvalue weighted by molar-refractivity contribution is 5.85. The van der Waals surface area contributed by atoms with Gasteiger partial charge in [-0.25, -0.2) is 0 Å². The van der Waals surface area contributed by atoms with Crippen LogP contribution in [0.5, 0.6) is 0 Å². The van der Waals surface area contributed by atoms with Gasteiger partial charge in [-0.15, -0.1) is 0 Å². The number of carbonyl (C=O) groups excluding carboxylic acids is 2. The Morgan fingerprint density at radius 1 is 0.733 bits per heavy atom. The standard InChI is InChI=1S/C26H27NO3/c1-21(28)17-25(26(29)30-20-24-15-9-4-10-16-24)27(18-22-11-5-2-6-12-22)19-23-13-7-3-8-14-23/h2-16,25H,17-20H2,1H3/t25-/m1/s1. The fourth-order valence-electron chi connectivity index (χ4n) is 3.37. The normalized spacial score (nSPS) is 11.8. The second-order valence-corrected chi connectivity index (χ2v) is 7.39.